The van der Waals surface area contributed by atoms with Gasteiger partial charge in [0.2, 0.25) is 0 Å². The summed E-state index contributed by atoms with van der Waals surface area (Å²) >= 11 is 0. The van der Waals surface area contributed by atoms with Gasteiger partial charge in [0.1, 0.15) is 5.78 Å². The molecule has 0 saturated heterocycles. The van der Waals surface area contributed by atoms with E-state index in [0.29, 0.717) is 24.5 Å². The molecular formula is C20H34O3Si. The van der Waals surface area contributed by atoms with E-state index in [9.17, 15) is 9.90 Å². The smallest absolute Gasteiger partial charge is 0.192 e. The Morgan fingerprint density at radius 3 is 2.54 bits per heavy atom. The molecule has 3 nitrogen and oxygen atoms in total. The number of ketones is 1. The Morgan fingerprint density at radius 2 is 1.88 bits per heavy atom. The molecule has 3 aliphatic carbocycles. The van der Waals surface area contributed by atoms with E-state index in [1.54, 1.807) is 0 Å². The van der Waals surface area contributed by atoms with Crippen molar-refractivity contribution in [2.24, 2.45) is 11.3 Å². The van der Waals surface area contributed by atoms with E-state index in [1.165, 1.54) is 5.57 Å². The molecule has 0 aromatic rings. The molecule has 3 unspecified atom stereocenters. The number of hydrogen-bond acceptors (Lipinski definition) is 3. The highest BCUT2D eigenvalue weighted by molar-refractivity contribution is 6.74. The summed E-state index contributed by atoms with van der Waals surface area (Å²) in [5.74, 6) is 0.892. The van der Waals surface area contributed by atoms with Crippen LogP contribution in [0.25, 0.3) is 0 Å². The van der Waals surface area contributed by atoms with Gasteiger partial charge in [0.25, 0.3) is 0 Å². The zero-order valence-electron chi connectivity index (χ0n) is 16.0. The molecule has 3 rings (SSSR count). The maximum Gasteiger partial charge on any atom is 0.192 e. The quantitative estimate of drug-likeness (QED) is 0.584. The molecule has 0 aliphatic heterocycles. The fourth-order valence-corrected chi connectivity index (χ4v) is 6.14. The summed E-state index contributed by atoms with van der Waals surface area (Å²) in [5, 5.41) is 10.3. The summed E-state index contributed by atoms with van der Waals surface area (Å²) in [6.45, 7) is 11.5. The van der Waals surface area contributed by atoms with Crippen molar-refractivity contribution in [3.05, 3.63) is 11.6 Å². The Hall–Kier alpha value is -0.453. The predicted octanol–water partition coefficient (Wildman–Crippen LogP) is 4.61. The third-order valence-electron chi connectivity index (χ3n) is 7.21. The first kappa shape index (κ1) is 18.3. The summed E-state index contributed by atoms with van der Waals surface area (Å²) in [6, 6.07) is 0. The van der Waals surface area contributed by atoms with E-state index >= 15 is 0 Å². The lowest BCUT2D eigenvalue weighted by Crippen LogP contribution is -2.55. The molecule has 2 fully saturated rings. The lowest BCUT2D eigenvalue weighted by Gasteiger charge is -2.54. The minimum absolute atomic E-state index is 0.134. The van der Waals surface area contributed by atoms with E-state index in [2.05, 4.69) is 39.9 Å². The van der Waals surface area contributed by atoms with Gasteiger partial charge in [-0.05, 0) is 56.2 Å². The highest BCUT2D eigenvalue weighted by Crippen LogP contribution is 2.57. The van der Waals surface area contributed by atoms with E-state index in [-0.39, 0.29) is 22.7 Å². The van der Waals surface area contributed by atoms with Gasteiger partial charge in [0, 0.05) is 18.3 Å². The van der Waals surface area contributed by atoms with Gasteiger partial charge in [-0.3, -0.25) is 4.79 Å². The van der Waals surface area contributed by atoms with E-state index < -0.39 is 8.32 Å². The summed E-state index contributed by atoms with van der Waals surface area (Å²) in [5.41, 5.74) is 1.18. The Balaban J connectivity index is 2.02. The number of aliphatic hydroxyl groups excluding tert-OH is 1. The van der Waals surface area contributed by atoms with Gasteiger partial charge in [-0.15, -0.1) is 0 Å². The van der Waals surface area contributed by atoms with Crippen LogP contribution >= 0.6 is 0 Å². The van der Waals surface area contributed by atoms with Crippen molar-refractivity contribution >= 4 is 14.1 Å². The lowest BCUT2D eigenvalue weighted by molar-refractivity contribution is -0.122. The molecule has 2 bridgehead atoms. The second kappa shape index (κ2) is 6.06. The molecule has 1 N–H and O–H groups in total. The minimum Gasteiger partial charge on any atom is -0.413 e. The Kier molecular flexibility index (Phi) is 4.63. The monoisotopic (exact) mass is 350 g/mol. The standard InChI is InChI=1S/C20H34O3Si/c1-19(2,3)24(4,5)23-18-14-6-8-15-12-16(21)10-11-20(15,18)13-17(22)9-7-14/h12,14,16,18,21H,6-11,13H2,1-5H3/t14?,16-,18?,20?/m0/s1. The van der Waals surface area contributed by atoms with Crippen molar-refractivity contribution in [3.8, 4) is 0 Å². The third kappa shape index (κ3) is 3.06. The Labute approximate surface area is 148 Å². The molecule has 136 valence electrons. The molecule has 0 amide bonds. The predicted molar refractivity (Wildman–Crippen MR) is 99.4 cm³/mol. The molecule has 24 heavy (non-hydrogen) atoms. The van der Waals surface area contributed by atoms with Crippen LogP contribution in [0, 0.1) is 11.3 Å². The van der Waals surface area contributed by atoms with E-state index in [4.69, 9.17) is 4.43 Å². The Bertz CT molecular complexity index is 546. The van der Waals surface area contributed by atoms with Gasteiger partial charge in [-0.25, -0.2) is 0 Å². The maximum atomic E-state index is 12.5. The van der Waals surface area contributed by atoms with Gasteiger partial charge in [0.15, 0.2) is 8.32 Å². The fourth-order valence-electron chi connectivity index (χ4n) is 4.74. The van der Waals surface area contributed by atoms with Crippen LogP contribution in [-0.2, 0) is 9.22 Å². The van der Waals surface area contributed by atoms with Crippen LogP contribution < -0.4 is 0 Å². The lowest BCUT2D eigenvalue weighted by atomic mass is 9.58. The number of carbonyl (C=O) groups excluding carboxylic acids is 1. The van der Waals surface area contributed by atoms with Gasteiger partial charge in [-0.1, -0.05) is 32.4 Å². The van der Waals surface area contributed by atoms with Crippen molar-refractivity contribution in [1.29, 1.82) is 0 Å². The van der Waals surface area contributed by atoms with Gasteiger partial charge >= 0.3 is 0 Å². The second-order valence-corrected chi connectivity index (χ2v) is 14.6. The van der Waals surface area contributed by atoms with Crippen molar-refractivity contribution in [2.45, 2.75) is 96.1 Å². The average Bonchev–Trinajstić information content (AvgIpc) is 2.53. The molecule has 2 saturated carbocycles. The topological polar surface area (TPSA) is 46.5 Å². The van der Waals surface area contributed by atoms with Crippen LogP contribution in [0.4, 0.5) is 0 Å². The van der Waals surface area contributed by atoms with Crippen LogP contribution in [0.3, 0.4) is 0 Å². The first-order chi connectivity index (χ1) is 11.1. The Morgan fingerprint density at radius 1 is 1.21 bits per heavy atom. The summed E-state index contributed by atoms with van der Waals surface area (Å²) < 4.78 is 7.00. The van der Waals surface area contributed by atoms with Crippen LogP contribution in [0.1, 0.15) is 65.7 Å². The fraction of sp³-hybridized carbons (Fsp3) is 0.850. The second-order valence-electron chi connectivity index (χ2n) is 9.81. The molecule has 3 aliphatic rings. The van der Waals surface area contributed by atoms with Gasteiger partial charge in [-0.2, -0.15) is 0 Å². The number of rotatable bonds is 2. The van der Waals surface area contributed by atoms with Crippen molar-refractivity contribution in [1.82, 2.24) is 0 Å². The van der Waals surface area contributed by atoms with Crippen LogP contribution in [0.15, 0.2) is 11.6 Å². The van der Waals surface area contributed by atoms with Crippen molar-refractivity contribution in [2.75, 3.05) is 0 Å². The normalized spacial score (nSPS) is 37.5. The van der Waals surface area contributed by atoms with Gasteiger partial charge in [0.05, 0.1) is 12.2 Å². The van der Waals surface area contributed by atoms with E-state index in [0.717, 1.165) is 32.1 Å². The zero-order chi connectivity index (χ0) is 17.8. The van der Waals surface area contributed by atoms with Gasteiger partial charge < -0.3 is 9.53 Å². The summed E-state index contributed by atoms with van der Waals surface area (Å²) in [4.78, 5) is 12.5. The number of carbonyl (C=O) groups is 1. The molecule has 0 heterocycles. The van der Waals surface area contributed by atoms with Crippen LogP contribution in [-0.4, -0.2) is 31.4 Å². The van der Waals surface area contributed by atoms with Crippen molar-refractivity contribution < 1.29 is 14.3 Å². The largest absolute Gasteiger partial charge is 0.413 e. The number of aliphatic hydroxyl groups is 1. The number of fused-ring (bicyclic) bond motifs is 1. The molecule has 0 aromatic carbocycles. The minimum atomic E-state index is -1.90. The first-order valence-electron chi connectivity index (χ1n) is 9.64. The number of hydrogen-bond donors (Lipinski definition) is 1. The SMILES string of the molecule is CC(C)(C)[Si](C)(C)OC1C2CCC(=O)CC13CC[C@H](O)C=C3CC2. The third-order valence-corrected chi connectivity index (χ3v) is 11.7. The molecule has 0 aromatic heterocycles. The summed E-state index contributed by atoms with van der Waals surface area (Å²) in [6.07, 6.45) is 8.00. The molecule has 1 spiro atoms. The maximum absolute atomic E-state index is 12.5. The molecule has 4 heteroatoms. The van der Waals surface area contributed by atoms with E-state index in [1.807, 2.05) is 0 Å². The van der Waals surface area contributed by atoms with Crippen molar-refractivity contribution in [3.63, 3.8) is 0 Å². The molecule has 4 atom stereocenters. The van der Waals surface area contributed by atoms with Crippen LogP contribution in [0.2, 0.25) is 18.1 Å². The average molecular weight is 351 g/mol. The highest BCUT2D eigenvalue weighted by Gasteiger charge is 2.55. The number of Topliss-reactive ketones (excluding diaryl/α,β-unsaturated/α-hetero) is 1. The zero-order valence-corrected chi connectivity index (χ0v) is 17.0. The molecular weight excluding hydrogens is 316 g/mol. The van der Waals surface area contributed by atoms with Crippen LogP contribution in [0.5, 0.6) is 0 Å². The summed E-state index contributed by atoms with van der Waals surface area (Å²) in [7, 11) is -1.90. The molecule has 0 radical (unpaired) electrons. The first-order valence-corrected chi connectivity index (χ1v) is 12.5. The highest BCUT2D eigenvalue weighted by atomic mass is 28.4.